The van der Waals surface area contributed by atoms with Gasteiger partial charge >= 0.3 is 63.3 Å². The Morgan fingerprint density at radius 3 is 2.20 bits per heavy atom. The van der Waals surface area contributed by atoms with E-state index in [0.29, 0.717) is 6.42 Å². The van der Waals surface area contributed by atoms with E-state index in [4.69, 9.17) is 33.0 Å². The van der Waals surface area contributed by atoms with Crippen molar-refractivity contribution in [3.63, 3.8) is 0 Å². The molecule has 0 spiro atoms. The minimum atomic E-state index is -1.16. The van der Waals surface area contributed by atoms with Crippen molar-refractivity contribution in [3.8, 4) is 5.75 Å². The molecule has 1 amide bonds. The van der Waals surface area contributed by atoms with Crippen LogP contribution >= 0.6 is 23.2 Å². The van der Waals surface area contributed by atoms with Crippen LogP contribution in [0.2, 0.25) is 10.0 Å². The van der Waals surface area contributed by atoms with Gasteiger partial charge in [-0.3, -0.25) is 9.78 Å². The summed E-state index contributed by atoms with van der Waals surface area (Å²) in [6.07, 6.45) is 2.30. The molecular formula is C23H26Cl2KN3O6. The molecule has 1 aliphatic heterocycles. The number of aromatic carboxylic acids is 2. The van der Waals surface area contributed by atoms with Crippen LogP contribution in [0.1, 0.15) is 59.7 Å². The van der Waals surface area contributed by atoms with Gasteiger partial charge in [-0.25, -0.2) is 14.6 Å². The number of halogens is 2. The molecule has 2 heterocycles. The number of aryl methyl sites for hydroxylation is 1. The van der Waals surface area contributed by atoms with E-state index in [9.17, 15) is 19.5 Å². The summed E-state index contributed by atoms with van der Waals surface area (Å²) >= 11 is 11.4. The quantitative estimate of drug-likeness (QED) is 0.467. The summed E-state index contributed by atoms with van der Waals surface area (Å²) in [7, 11) is 1.34. The third-order valence-corrected chi connectivity index (χ3v) is 6.06. The number of carboxylic acid groups (broad SMARTS) is 2. The molecule has 1 aromatic carbocycles. The van der Waals surface area contributed by atoms with E-state index in [0.717, 1.165) is 5.56 Å². The fraction of sp³-hybridized carbons (Fsp3) is 0.348. The van der Waals surface area contributed by atoms with E-state index in [-0.39, 0.29) is 102 Å². The van der Waals surface area contributed by atoms with Crippen molar-refractivity contribution in [2.24, 2.45) is 10.9 Å². The number of carbonyl (C=O) groups excluding carboxylic acids is 1. The van der Waals surface area contributed by atoms with Gasteiger partial charge in [0, 0.05) is 6.20 Å². The Kier molecular flexibility index (Phi) is 11.8. The number of hydrogen-bond donors (Lipinski definition) is 3. The van der Waals surface area contributed by atoms with Crippen molar-refractivity contribution in [1.82, 2.24) is 10.3 Å². The normalized spacial score (nSPS) is 16.5. The van der Waals surface area contributed by atoms with Gasteiger partial charge in [-0.2, -0.15) is 0 Å². The van der Waals surface area contributed by atoms with Crippen molar-refractivity contribution >= 4 is 98.3 Å². The second-order valence-corrected chi connectivity index (χ2v) is 8.67. The van der Waals surface area contributed by atoms with Crippen molar-refractivity contribution in [1.29, 1.82) is 0 Å². The molecule has 184 valence electrons. The summed E-state index contributed by atoms with van der Waals surface area (Å²) in [5.74, 6) is -2.16. The Hall–Kier alpha value is -1.53. The molecule has 3 rings (SSSR count). The van der Waals surface area contributed by atoms with Crippen LogP contribution in [-0.4, -0.2) is 103 Å². The molecule has 12 heteroatoms. The second-order valence-electron chi connectivity index (χ2n) is 7.86. The molecule has 3 N–H and O–H groups in total. The number of methoxy groups -OCH3 is 1. The van der Waals surface area contributed by atoms with Crippen molar-refractivity contribution in [3.05, 3.63) is 56.8 Å². The summed E-state index contributed by atoms with van der Waals surface area (Å²) in [5.41, 5.74) is 0.0825. The van der Waals surface area contributed by atoms with Crippen LogP contribution in [0.15, 0.2) is 29.4 Å². The Morgan fingerprint density at radius 2 is 1.77 bits per heavy atom. The van der Waals surface area contributed by atoms with Gasteiger partial charge in [-0.1, -0.05) is 44.0 Å². The van der Waals surface area contributed by atoms with Gasteiger partial charge in [-0.15, -0.1) is 0 Å². The van der Waals surface area contributed by atoms with Crippen LogP contribution in [0.4, 0.5) is 0 Å². The minimum absolute atomic E-state index is 0. The summed E-state index contributed by atoms with van der Waals surface area (Å²) < 4.78 is 4.82. The van der Waals surface area contributed by atoms with Crippen LogP contribution in [0.3, 0.4) is 0 Å². The topological polar surface area (TPSA) is 138 Å². The molecule has 0 bridgehead atoms. The van der Waals surface area contributed by atoms with Gasteiger partial charge < -0.3 is 20.3 Å². The zero-order valence-electron chi connectivity index (χ0n) is 19.3. The number of amidine groups is 1. The number of hydrogen-bond acceptors (Lipinski definition) is 6. The molecule has 1 aromatic heterocycles. The van der Waals surface area contributed by atoms with Crippen molar-refractivity contribution in [2.75, 3.05) is 7.11 Å². The maximum absolute atomic E-state index is 12.1. The van der Waals surface area contributed by atoms with Crippen LogP contribution in [0.5, 0.6) is 5.75 Å². The number of nitrogens with one attached hydrogen (secondary N) is 1. The number of pyridine rings is 1. The number of benzene rings is 1. The number of ether oxygens (including phenoxy) is 1. The summed E-state index contributed by atoms with van der Waals surface area (Å²) in [6, 6.07) is 4.47. The Balaban J connectivity index is 0.000000378. The first-order valence-corrected chi connectivity index (χ1v) is 11.0. The molecule has 0 aliphatic carbocycles. The maximum atomic E-state index is 12.1. The standard InChI is InChI=1S/C15H19N3O3.C8H6Cl2O3.K.H/c1-5-9-6-10(13(19)20)11(16-7-9)12-17-14(21)15(4,18-12)8(2)3;1-13-7-5(10)3-2-4(9)6(7)8(11)12;;/h6-8H,5H2,1-4H3,(H,19,20)(H,17,18,21);2-3H,1H3,(H,11,12);;. The number of aliphatic imine (C=N–C) groups is 1. The van der Waals surface area contributed by atoms with Gasteiger partial charge in [0.2, 0.25) is 0 Å². The second kappa shape index (κ2) is 13.1. The number of carboxylic acids is 2. The average Bonchev–Trinajstić information content (AvgIpc) is 3.10. The summed E-state index contributed by atoms with van der Waals surface area (Å²) in [6.45, 7) is 7.46. The van der Waals surface area contributed by atoms with Crippen LogP contribution in [0.25, 0.3) is 0 Å². The van der Waals surface area contributed by atoms with Crippen molar-refractivity contribution in [2.45, 2.75) is 39.7 Å². The van der Waals surface area contributed by atoms with E-state index < -0.39 is 17.5 Å². The van der Waals surface area contributed by atoms with Crippen molar-refractivity contribution < 1.29 is 29.3 Å². The Labute approximate surface area is 255 Å². The molecule has 35 heavy (non-hydrogen) atoms. The first kappa shape index (κ1) is 31.5. The monoisotopic (exact) mass is 549 g/mol. The molecule has 0 saturated carbocycles. The van der Waals surface area contributed by atoms with E-state index >= 15 is 0 Å². The number of aromatic nitrogens is 1. The molecular weight excluding hydrogens is 524 g/mol. The number of carbonyl (C=O) groups is 3. The molecule has 9 nitrogen and oxygen atoms in total. The molecule has 2 aromatic rings. The molecule has 0 fully saturated rings. The van der Waals surface area contributed by atoms with Crippen LogP contribution in [0, 0.1) is 5.92 Å². The zero-order valence-corrected chi connectivity index (χ0v) is 20.8. The van der Waals surface area contributed by atoms with E-state index in [1.54, 1.807) is 19.2 Å². The SMILES string of the molecule is CCc1cnc(C2=NC(C)(C(C)C)C(=O)N2)c(C(=O)O)c1.COc1c(Cl)ccc(Cl)c1C(=O)O.[KH]. The van der Waals surface area contributed by atoms with Gasteiger partial charge in [0.15, 0.2) is 11.6 Å². The summed E-state index contributed by atoms with van der Waals surface area (Å²) in [5, 5.41) is 21.1. The molecule has 1 aliphatic rings. The summed E-state index contributed by atoms with van der Waals surface area (Å²) in [4.78, 5) is 42.9. The molecule has 1 unspecified atom stereocenters. The Morgan fingerprint density at radius 1 is 1.17 bits per heavy atom. The first-order chi connectivity index (χ1) is 15.9. The number of rotatable bonds is 6. The average molecular weight is 550 g/mol. The molecule has 1 atom stereocenters. The van der Waals surface area contributed by atoms with E-state index in [1.807, 2.05) is 20.8 Å². The number of nitrogens with zero attached hydrogens (tertiary/aromatic N) is 2. The fourth-order valence-electron chi connectivity index (χ4n) is 3.03. The predicted octanol–water partition coefficient (Wildman–Crippen LogP) is 3.69. The van der Waals surface area contributed by atoms with Gasteiger partial charge in [-0.05, 0) is 43.0 Å². The van der Waals surface area contributed by atoms with E-state index in [1.165, 1.54) is 19.2 Å². The van der Waals surface area contributed by atoms with Crippen LogP contribution in [-0.2, 0) is 11.2 Å². The third-order valence-electron chi connectivity index (χ3n) is 5.44. The van der Waals surface area contributed by atoms with E-state index in [2.05, 4.69) is 15.3 Å². The van der Waals surface area contributed by atoms with Gasteiger partial charge in [0.1, 0.15) is 16.8 Å². The number of amides is 1. The third kappa shape index (κ3) is 7.03. The van der Waals surface area contributed by atoms with Gasteiger partial charge in [0.25, 0.3) is 5.91 Å². The zero-order chi connectivity index (χ0) is 25.8. The van der Waals surface area contributed by atoms with Crippen LogP contribution < -0.4 is 10.1 Å². The fourth-order valence-corrected chi connectivity index (χ4v) is 3.50. The predicted molar refractivity (Wildman–Crippen MR) is 136 cm³/mol. The van der Waals surface area contributed by atoms with Gasteiger partial charge in [0.05, 0.1) is 22.7 Å². The molecule has 0 saturated heterocycles. The molecule has 0 radical (unpaired) electrons. The Bertz CT molecular complexity index is 1170. The first-order valence-electron chi connectivity index (χ1n) is 10.3.